The van der Waals surface area contributed by atoms with E-state index in [1.165, 1.54) is 32.1 Å². The summed E-state index contributed by atoms with van der Waals surface area (Å²) in [6, 6.07) is -0.0134. The van der Waals surface area contributed by atoms with Crippen LogP contribution >= 0.6 is 0 Å². The molecule has 2 fully saturated rings. The lowest BCUT2D eigenvalue weighted by Crippen LogP contribution is -2.46. The molecule has 0 spiro atoms. The van der Waals surface area contributed by atoms with Crippen molar-refractivity contribution in [3.8, 4) is 0 Å². The number of sulfonamides is 1. The molecule has 2 atom stereocenters. The van der Waals surface area contributed by atoms with Gasteiger partial charge in [-0.25, -0.2) is 13.1 Å². The summed E-state index contributed by atoms with van der Waals surface area (Å²) >= 11 is 0. The van der Waals surface area contributed by atoms with Crippen molar-refractivity contribution in [2.45, 2.75) is 69.8 Å². The second kappa shape index (κ2) is 5.88. The van der Waals surface area contributed by atoms with E-state index in [0.29, 0.717) is 12.5 Å². The zero-order valence-electron chi connectivity index (χ0n) is 11.4. The van der Waals surface area contributed by atoms with Crippen molar-refractivity contribution in [1.29, 1.82) is 0 Å². The average Bonchev–Trinajstić information content (AvgIpc) is 2.77. The molecule has 106 valence electrons. The summed E-state index contributed by atoms with van der Waals surface area (Å²) in [7, 11) is -3.18. The second-order valence-electron chi connectivity index (χ2n) is 5.84. The van der Waals surface area contributed by atoms with Gasteiger partial charge in [0.1, 0.15) is 0 Å². The Kier molecular flexibility index (Phi) is 4.67. The summed E-state index contributed by atoms with van der Waals surface area (Å²) in [4.78, 5) is 0. The zero-order chi connectivity index (χ0) is 13.2. The van der Waals surface area contributed by atoms with E-state index in [0.717, 1.165) is 6.42 Å². The van der Waals surface area contributed by atoms with Crippen LogP contribution in [0, 0.1) is 5.92 Å². The molecule has 1 heterocycles. The minimum Gasteiger partial charge on any atom is -0.376 e. The van der Waals surface area contributed by atoms with Crippen molar-refractivity contribution in [2.24, 2.45) is 5.92 Å². The van der Waals surface area contributed by atoms with Gasteiger partial charge in [-0.2, -0.15) is 0 Å². The first-order valence-corrected chi connectivity index (χ1v) is 8.68. The van der Waals surface area contributed by atoms with Gasteiger partial charge >= 0.3 is 0 Å². The van der Waals surface area contributed by atoms with Crippen LogP contribution in [0.4, 0.5) is 0 Å². The van der Waals surface area contributed by atoms with Gasteiger partial charge in [-0.3, -0.25) is 0 Å². The quantitative estimate of drug-likeness (QED) is 0.854. The first-order valence-electron chi connectivity index (χ1n) is 7.13. The standard InChI is InChI=1S/C13H25NO3S/c1-10(2)18(15,16)14-12-8-9-17-13(12)11-6-4-3-5-7-11/h10-14H,3-9H2,1-2H3. The Hall–Kier alpha value is -0.130. The minimum atomic E-state index is -3.18. The largest absolute Gasteiger partial charge is 0.376 e. The Balaban J connectivity index is 1.99. The Bertz CT molecular complexity index is 360. The highest BCUT2D eigenvalue weighted by Gasteiger charge is 2.37. The molecule has 0 aromatic carbocycles. The molecule has 1 saturated carbocycles. The molecule has 0 aromatic heterocycles. The molecule has 0 amide bonds. The zero-order valence-corrected chi connectivity index (χ0v) is 12.2. The monoisotopic (exact) mass is 275 g/mol. The van der Waals surface area contributed by atoms with Crippen LogP contribution in [0.3, 0.4) is 0 Å². The summed E-state index contributed by atoms with van der Waals surface area (Å²) in [6.07, 6.45) is 7.11. The predicted octanol–water partition coefficient (Wildman–Crippen LogP) is 2.05. The van der Waals surface area contributed by atoms with E-state index >= 15 is 0 Å². The van der Waals surface area contributed by atoms with E-state index in [-0.39, 0.29) is 17.4 Å². The first kappa shape index (κ1) is 14.3. The van der Waals surface area contributed by atoms with Crippen LogP contribution < -0.4 is 4.72 Å². The van der Waals surface area contributed by atoms with Gasteiger partial charge in [0.25, 0.3) is 0 Å². The SMILES string of the molecule is CC(C)S(=O)(=O)NC1CCOC1C1CCCCC1. The van der Waals surface area contributed by atoms with Gasteiger partial charge in [0.05, 0.1) is 17.4 Å². The van der Waals surface area contributed by atoms with Crippen LogP contribution in [0.2, 0.25) is 0 Å². The van der Waals surface area contributed by atoms with Crippen LogP contribution in [0.1, 0.15) is 52.4 Å². The number of hydrogen-bond acceptors (Lipinski definition) is 3. The lowest BCUT2D eigenvalue weighted by atomic mass is 9.83. The van der Waals surface area contributed by atoms with E-state index in [4.69, 9.17) is 4.74 Å². The molecule has 18 heavy (non-hydrogen) atoms. The maximum atomic E-state index is 11.9. The van der Waals surface area contributed by atoms with Crippen molar-refractivity contribution in [3.05, 3.63) is 0 Å². The fourth-order valence-electron chi connectivity index (χ4n) is 3.01. The highest BCUT2D eigenvalue weighted by atomic mass is 32.2. The molecule has 1 aliphatic heterocycles. The molecule has 2 aliphatic rings. The maximum Gasteiger partial charge on any atom is 0.214 e. The van der Waals surface area contributed by atoms with Crippen LogP contribution in [0.5, 0.6) is 0 Å². The van der Waals surface area contributed by atoms with Gasteiger partial charge in [0.2, 0.25) is 10.0 Å². The molecular weight excluding hydrogens is 250 g/mol. The third-order valence-corrected chi connectivity index (χ3v) is 6.06. The molecule has 1 aliphatic carbocycles. The summed E-state index contributed by atoms with van der Waals surface area (Å²) < 4.78 is 32.5. The Morgan fingerprint density at radius 1 is 1.11 bits per heavy atom. The van der Waals surface area contributed by atoms with Crippen LogP contribution in [0.25, 0.3) is 0 Å². The average molecular weight is 275 g/mol. The van der Waals surface area contributed by atoms with Crippen LogP contribution in [-0.4, -0.2) is 32.4 Å². The Morgan fingerprint density at radius 3 is 2.39 bits per heavy atom. The van der Waals surface area contributed by atoms with Crippen molar-refractivity contribution in [1.82, 2.24) is 4.72 Å². The Labute approximate surface area is 111 Å². The maximum absolute atomic E-state index is 11.9. The van der Waals surface area contributed by atoms with E-state index < -0.39 is 10.0 Å². The summed E-state index contributed by atoms with van der Waals surface area (Å²) in [5.74, 6) is 0.543. The number of nitrogens with one attached hydrogen (secondary N) is 1. The third-order valence-electron chi connectivity index (χ3n) is 4.19. The van der Waals surface area contributed by atoms with Gasteiger partial charge in [0, 0.05) is 6.61 Å². The van der Waals surface area contributed by atoms with Gasteiger partial charge in [-0.15, -0.1) is 0 Å². The molecular formula is C13H25NO3S. The molecule has 4 nitrogen and oxygen atoms in total. The van der Waals surface area contributed by atoms with Crippen LogP contribution in [-0.2, 0) is 14.8 Å². The smallest absolute Gasteiger partial charge is 0.214 e. The number of hydrogen-bond donors (Lipinski definition) is 1. The highest BCUT2D eigenvalue weighted by Crippen LogP contribution is 2.33. The van der Waals surface area contributed by atoms with Gasteiger partial charge in [-0.05, 0) is 39.0 Å². The number of ether oxygens (including phenoxy) is 1. The Morgan fingerprint density at radius 2 is 1.78 bits per heavy atom. The van der Waals surface area contributed by atoms with Crippen molar-refractivity contribution in [3.63, 3.8) is 0 Å². The normalized spacial score (nSPS) is 31.1. The third kappa shape index (κ3) is 3.25. The lowest BCUT2D eigenvalue weighted by Gasteiger charge is -2.31. The van der Waals surface area contributed by atoms with Gasteiger partial charge < -0.3 is 4.74 Å². The topological polar surface area (TPSA) is 55.4 Å². The molecule has 2 unspecified atom stereocenters. The first-order chi connectivity index (χ1) is 8.50. The minimum absolute atomic E-state index is 0.0134. The molecule has 0 radical (unpaired) electrons. The summed E-state index contributed by atoms with van der Waals surface area (Å²) in [5, 5.41) is -0.370. The predicted molar refractivity (Wildman–Crippen MR) is 71.9 cm³/mol. The number of rotatable bonds is 4. The summed E-state index contributed by atoms with van der Waals surface area (Å²) in [5.41, 5.74) is 0. The van der Waals surface area contributed by atoms with Gasteiger partial charge in [0.15, 0.2) is 0 Å². The van der Waals surface area contributed by atoms with Crippen molar-refractivity contribution < 1.29 is 13.2 Å². The molecule has 0 bridgehead atoms. The fourth-order valence-corrected chi connectivity index (χ4v) is 3.96. The van der Waals surface area contributed by atoms with Crippen molar-refractivity contribution in [2.75, 3.05) is 6.61 Å². The van der Waals surface area contributed by atoms with Crippen molar-refractivity contribution >= 4 is 10.0 Å². The van der Waals surface area contributed by atoms with E-state index in [2.05, 4.69) is 4.72 Å². The molecule has 1 saturated heterocycles. The lowest BCUT2D eigenvalue weighted by molar-refractivity contribution is 0.0386. The summed E-state index contributed by atoms with van der Waals surface area (Å²) in [6.45, 7) is 4.12. The van der Waals surface area contributed by atoms with E-state index in [1.807, 2.05) is 0 Å². The van der Waals surface area contributed by atoms with Gasteiger partial charge in [-0.1, -0.05) is 19.3 Å². The second-order valence-corrected chi connectivity index (χ2v) is 8.11. The molecule has 0 aromatic rings. The molecule has 2 rings (SSSR count). The highest BCUT2D eigenvalue weighted by molar-refractivity contribution is 7.90. The van der Waals surface area contributed by atoms with E-state index in [9.17, 15) is 8.42 Å². The van der Waals surface area contributed by atoms with E-state index in [1.54, 1.807) is 13.8 Å². The van der Waals surface area contributed by atoms with Crippen LogP contribution in [0.15, 0.2) is 0 Å². The molecule has 5 heteroatoms. The fraction of sp³-hybridized carbons (Fsp3) is 1.00. The molecule has 1 N–H and O–H groups in total.